The minimum atomic E-state index is -0.494. The van der Waals surface area contributed by atoms with Crippen LogP contribution in [-0.2, 0) is 4.79 Å². The summed E-state index contributed by atoms with van der Waals surface area (Å²) in [5.74, 6) is 0.115. The van der Waals surface area contributed by atoms with Gasteiger partial charge in [0.2, 0.25) is 11.9 Å². The molecule has 0 aliphatic carbocycles. The minimum Gasteiger partial charge on any atom is -0.336 e. The molecule has 0 aromatic carbocycles. The molecule has 0 spiro atoms. The van der Waals surface area contributed by atoms with Gasteiger partial charge in [0.05, 0.1) is 11.5 Å². The van der Waals surface area contributed by atoms with Crippen molar-refractivity contribution in [3.05, 3.63) is 17.5 Å². The van der Waals surface area contributed by atoms with Gasteiger partial charge in [-0.25, -0.2) is 4.79 Å². The first-order valence-electron chi connectivity index (χ1n) is 4.59. The number of thiophene rings is 1. The van der Waals surface area contributed by atoms with Crippen LogP contribution in [0.4, 0.5) is 9.80 Å². The Morgan fingerprint density at radius 2 is 2.50 bits per heavy atom. The molecule has 3 amide bonds. The molecule has 16 heavy (non-hydrogen) atoms. The quantitative estimate of drug-likeness (QED) is 0.756. The Labute approximate surface area is 96.0 Å². The number of likely N-dealkylation sites (N-methyl/N-ethyl adjacent to an activating group) is 1. The van der Waals surface area contributed by atoms with Gasteiger partial charge in [0, 0.05) is 7.05 Å². The van der Waals surface area contributed by atoms with E-state index in [0.29, 0.717) is 0 Å². The second-order valence-electron chi connectivity index (χ2n) is 3.25. The van der Waals surface area contributed by atoms with Crippen LogP contribution in [0.2, 0.25) is 0 Å². The number of carbonyl (C=O) groups is 2. The lowest BCUT2D eigenvalue weighted by atomic mass is 10.6. The van der Waals surface area contributed by atoms with Crippen molar-refractivity contribution in [2.75, 3.05) is 18.9 Å². The van der Waals surface area contributed by atoms with Crippen molar-refractivity contribution in [2.45, 2.75) is 0 Å². The minimum absolute atomic E-state index is 0.162. The molecule has 84 valence electrons. The van der Waals surface area contributed by atoms with E-state index in [4.69, 9.17) is 0 Å². The number of hydrogen-bond acceptors (Lipinski definition) is 3. The molecule has 1 aliphatic heterocycles. The number of amides is 3. The normalized spacial score (nSPS) is 17.7. The molecule has 7 heteroatoms. The Kier molecular flexibility index (Phi) is 2.86. The SMILES string of the molecule is CN1CC(=O)N/C1=N/C(=O)Nc1cccs1. The largest absolute Gasteiger partial charge is 0.349 e. The van der Waals surface area contributed by atoms with E-state index < -0.39 is 6.03 Å². The molecule has 1 aromatic heterocycles. The van der Waals surface area contributed by atoms with Gasteiger partial charge in [-0.15, -0.1) is 11.3 Å². The molecular formula is C9H10N4O2S. The van der Waals surface area contributed by atoms with Gasteiger partial charge in [0.1, 0.15) is 0 Å². The van der Waals surface area contributed by atoms with Crippen LogP contribution in [0.1, 0.15) is 0 Å². The van der Waals surface area contributed by atoms with Gasteiger partial charge >= 0.3 is 6.03 Å². The van der Waals surface area contributed by atoms with E-state index in [9.17, 15) is 9.59 Å². The predicted octanol–water partition coefficient (Wildman–Crippen LogP) is 0.698. The van der Waals surface area contributed by atoms with E-state index in [1.165, 1.54) is 11.3 Å². The number of aliphatic imine (C=N–C) groups is 1. The third-order valence-electron chi connectivity index (χ3n) is 1.95. The lowest BCUT2D eigenvalue weighted by Gasteiger charge is -2.07. The Bertz CT molecular complexity index is 440. The van der Waals surface area contributed by atoms with Crippen molar-refractivity contribution in [3.8, 4) is 0 Å². The highest BCUT2D eigenvalue weighted by atomic mass is 32.1. The van der Waals surface area contributed by atoms with Gasteiger partial charge in [0.25, 0.3) is 0 Å². The lowest BCUT2D eigenvalue weighted by Crippen LogP contribution is -2.29. The van der Waals surface area contributed by atoms with Gasteiger partial charge in [-0.2, -0.15) is 4.99 Å². The molecule has 0 saturated carbocycles. The van der Waals surface area contributed by atoms with Gasteiger partial charge < -0.3 is 4.90 Å². The highest BCUT2D eigenvalue weighted by Crippen LogP contribution is 2.14. The average Bonchev–Trinajstić information content (AvgIpc) is 2.78. The summed E-state index contributed by atoms with van der Waals surface area (Å²) >= 11 is 1.41. The zero-order valence-electron chi connectivity index (χ0n) is 8.56. The molecular weight excluding hydrogens is 228 g/mol. The monoisotopic (exact) mass is 238 g/mol. The maximum absolute atomic E-state index is 11.4. The van der Waals surface area contributed by atoms with Crippen molar-refractivity contribution >= 4 is 34.2 Å². The number of urea groups is 1. The lowest BCUT2D eigenvalue weighted by molar-refractivity contribution is -0.118. The fourth-order valence-electron chi connectivity index (χ4n) is 1.24. The van der Waals surface area contributed by atoms with E-state index in [1.54, 1.807) is 18.0 Å². The summed E-state index contributed by atoms with van der Waals surface area (Å²) in [4.78, 5) is 27.8. The van der Waals surface area contributed by atoms with Crippen LogP contribution >= 0.6 is 11.3 Å². The van der Waals surface area contributed by atoms with E-state index in [1.807, 2.05) is 11.4 Å². The number of hydrogen-bond donors (Lipinski definition) is 2. The van der Waals surface area contributed by atoms with E-state index in [2.05, 4.69) is 15.6 Å². The van der Waals surface area contributed by atoms with Crippen LogP contribution in [-0.4, -0.2) is 36.4 Å². The molecule has 1 aliphatic rings. The average molecular weight is 238 g/mol. The maximum Gasteiger partial charge on any atom is 0.349 e. The van der Waals surface area contributed by atoms with E-state index in [-0.39, 0.29) is 18.4 Å². The molecule has 0 radical (unpaired) electrons. The summed E-state index contributed by atoms with van der Waals surface area (Å²) in [5, 5.41) is 7.67. The molecule has 1 saturated heterocycles. The molecule has 1 aromatic rings. The predicted molar refractivity (Wildman–Crippen MR) is 61.5 cm³/mol. The zero-order chi connectivity index (χ0) is 11.5. The number of guanidine groups is 1. The molecule has 2 heterocycles. The fraction of sp³-hybridized carbons (Fsp3) is 0.222. The third-order valence-corrected chi connectivity index (χ3v) is 2.74. The Morgan fingerprint density at radius 3 is 3.06 bits per heavy atom. The van der Waals surface area contributed by atoms with E-state index in [0.717, 1.165) is 5.00 Å². The van der Waals surface area contributed by atoms with Crippen molar-refractivity contribution in [3.63, 3.8) is 0 Å². The first-order chi connectivity index (χ1) is 7.65. The molecule has 6 nitrogen and oxygen atoms in total. The van der Waals surface area contributed by atoms with Gasteiger partial charge in [-0.1, -0.05) is 0 Å². The summed E-state index contributed by atoms with van der Waals surface area (Å²) < 4.78 is 0. The van der Waals surface area contributed by atoms with Gasteiger partial charge in [-0.05, 0) is 17.5 Å². The van der Waals surface area contributed by atoms with Crippen LogP contribution < -0.4 is 10.6 Å². The number of nitrogens with one attached hydrogen (secondary N) is 2. The van der Waals surface area contributed by atoms with Crippen molar-refractivity contribution < 1.29 is 9.59 Å². The molecule has 0 unspecified atom stereocenters. The number of nitrogens with zero attached hydrogens (tertiary/aromatic N) is 2. The summed E-state index contributed by atoms with van der Waals surface area (Å²) in [6.07, 6.45) is 0. The number of anilines is 1. The molecule has 2 N–H and O–H groups in total. The summed E-state index contributed by atoms with van der Waals surface area (Å²) in [7, 11) is 1.69. The standard InChI is InChI=1S/C9H10N4O2S/c1-13-5-6(14)10-8(13)12-9(15)11-7-3-2-4-16-7/h2-4H,5H2,1H3,(H2,10,11,12,14,15). The Balaban J connectivity index is 2.01. The Hall–Kier alpha value is -1.89. The highest BCUT2D eigenvalue weighted by Gasteiger charge is 2.22. The van der Waals surface area contributed by atoms with Crippen LogP contribution in [0, 0.1) is 0 Å². The smallest absolute Gasteiger partial charge is 0.336 e. The van der Waals surface area contributed by atoms with E-state index >= 15 is 0 Å². The van der Waals surface area contributed by atoms with Gasteiger partial charge in [0.15, 0.2) is 0 Å². The number of rotatable bonds is 1. The maximum atomic E-state index is 11.4. The molecule has 1 fully saturated rings. The van der Waals surface area contributed by atoms with Crippen molar-refractivity contribution in [2.24, 2.45) is 4.99 Å². The van der Waals surface area contributed by atoms with Crippen LogP contribution in [0.15, 0.2) is 22.5 Å². The van der Waals surface area contributed by atoms with Crippen LogP contribution in [0.3, 0.4) is 0 Å². The first-order valence-corrected chi connectivity index (χ1v) is 5.47. The zero-order valence-corrected chi connectivity index (χ0v) is 9.37. The fourth-order valence-corrected chi connectivity index (χ4v) is 1.85. The topological polar surface area (TPSA) is 73.8 Å². The van der Waals surface area contributed by atoms with Gasteiger partial charge in [-0.3, -0.25) is 15.4 Å². The van der Waals surface area contributed by atoms with Crippen molar-refractivity contribution in [1.82, 2.24) is 10.2 Å². The van der Waals surface area contributed by atoms with Crippen LogP contribution in [0.5, 0.6) is 0 Å². The molecule has 0 atom stereocenters. The molecule has 2 rings (SSSR count). The summed E-state index contributed by atoms with van der Waals surface area (Å²) in [5.41, 5.74) is 0. The molecule has 0 bridgehead atoms. The summed E-state index contributed by atoms with van der Waals surface area (Å²) in [6.45, 7) is 0.227. The second-order valence-corrected chi connectivity index (χ2v) is 4.19. The third kappa shape index (κ3) is 2.37. The Morgan fingerprint density at radius 1 is 1.69 bits per heavy atom. The summed E-state index contributed by atoms with van der Waals surface area (Å²) in [6, 6.07) is 3.11. The number of carbonyl (C=O) groups excluding carboxylic acids is 2. The van der Waals surface area contributed by atoms with Crippen molar-refractivity contribution in [1.29, 1.82) is 0 Å². The van der Waals surface area contributed by atoms with Crippen LogP contribution in [0.25, 0.3) is 0 Å². The first kappa shape index (κ1) is 10.6. The second kappa shape index (κ2) is 4.31. The highest BCUT2D eigenvalue weighted by molar-refractivity contribution is 7.14.